The van der Waals surface area contributed by atoms with Gasteiger partial charge in [0.25, 0.3) is 5.91 Å². The lowest BCUT2D eigenvalue weighted by atomic mass is 9.99. The van der Waals surface area contributed by atoms with Gasteiger partial charge in [-0.05, 0) is 48.2 Å². The van der Waals surface area contributed by atoms with Crippen LogP contribution in [0.4, 0.5) is 5.82 Å². The Morgan fingerprint density at radius 3 is 2.69 bits per heavy atom. The molecule has 4 heterocycles. The van der Waals surface area contributed by atoms with E-state index in [-0.39, 0.29) is 11.8 Å². The molecule has 0 bridgehead atoms. The van der Waals surface area contributed by atoms with E-state index in [2.05, 4.69) is 33.4 Å². The summed E-state index contributed by atoms with van der Waals surface area (Å²) in [6.07, 6.45) is 6.77. The van der Waals surface area contributed by atoms with Gasteiger partial charge in [-0.3, -0.25) is 9.78 Å². The van der Waals surface area contributed by atoms with Crippen LogP contribution in [0.5, 0.6) is 0 Å². The van der Waals surface area contributed by atoms with Gasteiger partial charge < -0.3 is 9.84 Å². The van der Waals surface area contributed by atoms with Crippen molar-refractivity contribution >= 4 is 23.1 Å². The zero-order chi connectivity index (χ0) is 20.4. The zero-order valence-electron chi connectivity index (χ0n) is 16.3. The first-order valence-electron chi connectivity index (χ1n) is 9.26. The molecule has 0 aromatic carbocycles. The molecule has 0 unspecified atom stereocenters. The fourth-order valence-corrected chi connectivity index (χ4v) is 4.12. The van der Waals surface area contributed by atoms with E-state index in [1.54, 1.807) is 42.2 Å². The summed E-state index contributed by atoms with van der Waals surface area (Å²) in [5, 5.41) is 6.64. The van der Waals surface area contributed by atoms with Crippen molar-refractivity contribution in [2.45, 2.75) is 26.7 Å². The third-order valence-electron chi connectivity index (χ3n) is 4.63. The standard InChI is InChI=1S/C22H20N4O2S/c1-13(2)18-12-23-8-6-16(18)22(27)26-21-5-4-15(11-24-21)17-10-20(29-14(17)3)19-7-9-25-28-19/h4-13H,1-3H3,(H,24,26,27). The quantitative estimate of drug-likeness (QED) is 0.472. The maximum absolute atomic E-state index is 12.7. The van der Waals surface area contributed by atoms with Crippen molar-refractivity contribution in [3.8, 4) is 21.8 Å². The van der Waals surface area contributed by atoms with Crippen molar-refractivity contribution in [3.63, 3.8) is 0 Å². The van der Waals surface area contributed by atoms with Crippen molar-refractivity contribution < 1.29 is 9.32 Å². The summed E-state index contributed by atoms with van der Waals surface area (Å²) in [6, 6.07) is 9.42. The number of carbonyl (C=O) groups is 1. The van der Waals surface area contributed by atoms with Crippen molar-refractivity contribution in [2.75, 3.05) is 5.32 Å². The van der Waals surface area contributed by atoms with Gasteiger partial charge in [0.1, 0.15) is 5.82 Å². The van der Waals surface area contributed by atoms with Crippen LogP contribution in [0.3, 0.4) is 0 Å². The minimum absolute atomic E-state index is 0.185. The van der Waals surface area contributed by atoms with E-state index in [0.29, 0.717) is 11.4 Å². The highest BCUT2D eigenvalue weighted by Crippen LogP contribution is 2.36. The first kappa shape index (κ1) is 19.0. The van der Waals surface area contributed by atoms with Gasteiger partial charge in [0.05, 0.1) is 11.1 Å². The van der Waals surface area contributed by atoms with Crippen molar-refractivity contribution in [1.82, 2.24) is 15.1 Å². The largest absolute Gasteiger partial charge is 0.355 e. The lowest BCUT2D eigenvalue weighted by molar-refractivity contribution is 0.102. The number of aryl methyl sites for hydroxylation is 1. The Balaban J connectivity index is 1.54. The minimum atomic E-state index is -0.185. The molecule has 4 aromatic rings. The fraction of sp³-hybridized carbons (Fsp3) is 0.182. The minimum Gasteiger partial charge on any atom is -0.355 e. The average molecular weight is 404 g/mol. The number of aromatic nitrogens is 3. The molecule has 1 amide bonds. The van der Waals surface area contributed by atoms with Gasteiger partial charge in [-0.15, -0.1) is 11.3 Å². The Kier molecular flexibility index (Phi) is 5.22. The Hall–Kier alpha value is -3.32. The number of rotatable bonds is 5. The molecule has 29 heavy (non-hydrogen) atoms. The average Bonchev–Trinajstić information content (AvgIpc) is 3.38. The SMILES string of the molecule is Cc1sc(-c2ccno2)cc1-c1ccc(NC(=O)c2ccncc2C(C)C)nc1. The van der Waals surface area contributed by atoms with Crippen LogP contribution in [0.1, 0.15) is 40.6 Å². The van der Waals surface area contributed by atoms with Crippen molar-refractivity contribution in [3.05, 3.63) is 71.1 Å². The lowest BCUT2D eigenvalue weighted by Crippen LogP contribution is -2.15. The van der Waals surface area contributed by atoms with E-state index in [0.717, 1.165) is 32.2 Å². The molecular weight excluding hydrogens is 384 g/mol. The number of hydrogen-bond donors (Lipinski definition) is 1. The van der Waals surface area contributed by atoms with Crippen molar-refractivity contribution in [2.24, 2.45) is 0 Å². The highest BCUT2D eigenvalue weighted by atomic mass is 32.1. The van der Waals surface area contributed by atoms with Crippen LogP contribution < -0.4 is 5.32 Å². The number of hydrogen-bond acceptors (Lipinski definition) is 6. The first-order chi connectivity index (χ1) is 14.0. The molecule has 1 N–H and O–H groups in total. The number of nitrogens with zero attached hydrogens (tertiary/aromatic N) is 3. The lowest BCUT2D eigenvalue weighted by Gasteiger charge is -2.12. The summed E-state index contributed by atoms with van der Waals surface area (Å²) >= 11 is 1.65. The highest BCUT2D eigenvalue weighted by Gasteiger charge is 2.15. The molecular formula is C22H20N4O2S. The Morgan fingerprint density at radius 1 is 1.14 bits per heavy atom. The molecule has 0 aliphatic rings. The van der Waals surface area contributed by atoms with Crippen LogP contribution in [-0.4, -0.2) is 21.0 Å². The van der Waals surface area contributed by atoms with E-state index in [1.165, 1.54) is 0 Å². The van der Waals surface area contributed by atoms with Gasteiger partial charge in [-0.2, -0.15) is 0 Å². The van der Waals surface area contributed by atoms with E-state index in [4.69, 9.17) is 4.52 Å². The molecule has 146 valence electrons. The normalized spacial score (nSPS) is 11.0. The fourth-order valence-electron chi connectivity index (χ4n) is 3.12. The summed E-state index contributed by atoms with van der Waals surface area (Å²) in [4.78, 5) is 23.4. The second kappa shape index (κ2) is 7.97. The molecule has 4 rings (SSSR count). The Morgan fingerprint density at radius 2 is 2.00 bits per heavy atom. The topological polar surface area (TPSA) is 80.9 Å². The number of anilines is 1. The van der Waals surface area contributed by atoms with E-state index in [1.807, 2.05) is 32.0 Å². The van der Waals surface area contributed by atoms with Gasteiger partial charge in [0, 0.05) is 40.7 Å². The van der Waals surface area contributed by atoms with E-state index >= 15 is 0 Å². The number of pyridine rings is 2. The Labute approximate surface area is 172 Å². The molecule has 0 fully saturated rings. The zero-order valence-corrected chi connectivity index (χ0v) is 17.2. The monoisotopic (exact) mass is 404 g/mol. The van der Waals surface area contributed by atoms with E-state index in [9.17, 15) is 4.79 Å². The van der Waals surface area contributed by atoms with Crippen LogP contribution >= 0.6 is 11.3 Å². The van der Waals surface area contributed by atoms with Crippen LogP contribution in [0.2, 0.25) is 0 Å². The first-order valence-corrected chi connectivity index (χ1v) is 10.1. The maximum atomic E-state index is 12.7. The number of carbonyl (C=O) groups excluding carboxylic acids is 1. The number of nitrogens with one attached hydrogen (secondary N) is 1. The second-order valence-corrected chi connectivity index (χ2v) is 8.22. The van der Waals surface area contributed by atoms with Crippen LogP contribution in [0, 0.1) is 6.92 Å². The maximum Gasteiger partial charge on any atom is 0.257 e. The van der Waals surface area contributed by atoms with Crippen LogP contribution in [0.25, 0.3) is 21.8 Å². The van der Waals surface area contributed by atoms with Crippen LogP contribution in [0.15, 0.2) is 59.6 Å². The molecule has 0 atom stereocenters. The molecule has 6 nitrogen and oxygen atoms in total. The smallest absolute Gasteiger partial charge is 0.257 e. The summed E-state index contributed by atoms with van der Waals surface area (Å²) < 4.78 is 5.25. The third kappa shape index (κ3) is 3.95. The van der Waals surface area contributed by atoms with Gasteiger partial charge in [-0.1, -0.05) is 19.0 Å². The molecule has 0 saturated carbocycles. The van der Waals surface area contributed by atoms with Gasteiger partial charge in [0.15, 0.2) is 5.76 Å². The number of amides is 1. The van der Waals surface area contributed by atoms with E-state index < -0.39 is 0 Å². The molecule has 0 aliphatic heterocycles. The Bertz CT molecular complexity index is 1130. The van der Waals surface area contributed by atoms with Crippen molar-refractivity contribution in [1.29, 1.82) is 0 Å². The summed E-state index contributed by atoms with van der Waals surface area (Å²) in [6.45, 7) is 6.14. The molecule has 0 saturated heterocycles. The highest BCUT2D eigenvalue weighted by molar-refractivity contribution is 7.15. The summed E-state index contributed by atoms with van der Waals surface area (Å²) in [5.74, 6) is 1.28. The molecule has 4 aromatic heterocycles. The molecule has 0 aliphatic carbocycles. The summed E-state index contributed by atoms with van der Waals surface area (Å²) in [7, 11) is 0. The summed E-state index contributed by atoms with van der Waals surface area (Å²) in [5.41, 5.74) is 3.60. The predicted octanol–water partition coefficient (Wildman–Crippen LogP) is 5.54. The van der Waals surface area contributed by atoms with Gasteiger partial charge in [-0.25, -0.2) is 4.98 Å². The van der Waals surface area contributed by atoms with Gasteiger partial charge >= 0.3 is 0 Å². The second-order valence-electron chi connectivity index (χ2n) is 6.96. The molecule has 7 heteroatoms. The predicted molar refractivity (Wildman–Crippen MR) is 114 cm³/mol. The third-order valence-corrected chi connectivity index (χ3v) is 5.70. The molecule has 0 radical (unpaired) electrons. The number of thiophene rings is 1. The molecule has 0 spiro atoms. The van der Waals surface area contributed by atoms with Gasteiger partial charge in [0.2, 0.25) is 0 Å². The van der Waals surface area contributed by atoms with Crippen LogP contribution in [-0.2, 0) is 0 Å².